The molecule has 0 aliphatic heterocycles. The first kappa shape index (κ1) is 13.6. The maximum Gasteiger partial charge on any atom is 0.418 e. The number of aromatic nitrogens is 4. The van der Waals surface area contributed by atoms with Gasteiger partial charge in [0.2, 0.25) is 5.28 Å². The zero-order chi connectivity index (χ0) is 15.2. The van der Waals surface area contributed by atoms with Crippen LogP contribution in [0.25, 0.3) is 22.6 Å². The molecule has 0 spiro atoms. The molecule has 0 aliphatic carbocycles. The molecule has 2 heterocycles. The van der Waals surface area contributed by atoms with E-state index in [4.69, 9.17) is 17.3 Å². The standard InChI is InChI=1S/C12H7ClF3N5/c13-11-18-4-7-10(21-11)20-9(19-7)5-2-1-3-6(8(5)17)12(14,15)16/h1-4H,17H2,(H,18,19,20,21). The van der Waals surface area contributed by atoms with Crippen LogP contribution in [0, 0.1) is 0 Å². The van der Waals surface area contributed by atoms with Crippen molar-refractivity contribution in [3.8, 4) is 11.4 Å². The van der Waals surface area contributed by atoms with Gasteiger partial charge in [-0.25, -0.2) is 9.97 Å². The Balaban J connectivity index is 2.19. The van der Waals surface area contributed by atoms with E-state index in [0.717, 1.165) is 6.07 Å². The number of fused-ring (bicyclic) bond motifs is 1. The van der Waals surface area contributed by atoms with Crippen molar-refractivity contribution < 1.29 is 13.2 Å². The summed E-state index contributed by atoms with van der Waals surface area (Å²) in [4.78, 5) is 14.5. The highest BCUT2D eigenvalue weighted by Crippen LogP contribution is 2.37. The normalized spacial score (nSPS) is 12.0. The summed E-state index contributed by atoms with van der Waals surface area (Å²) in [5.74, 6) is 0.171. The number of nitrogens with one attached hydrogen (secondary N) is 1. The highest BCUT2D eigenvalue weighted by Gasteiger charge is 2.34. The number of benzene rings is 1. The number of aromatic amines is 1. The Bertz CT molecular complexity index is 827. The first-order valence-corrected chi connectivity index (χ1v) is 6.08. The molecule has 0 unspecified atom stereocenters. The number of alkyl halides is 3. The second-order valence-electron chi connectivity index (χ2n) is 4.23. The molecular weight excluding hydrogens is 307 g/mol. The van der Waals surface area contributed by atoms with Gasteiger partial charge in [-0.1, -0.05) is 6.07 Å². The molecule has 0 saturated heterocycles. The predicted molar refractivity (Wildman–Crippen MR) is 71.5 cm³/mol. The van der Waals surface area contributed by atoms with E-state index in [9.17, 15) is 13.2 Å². The molecular formula is C12H7ClF3N5. The van der Waals surface area contributed by atoms with E-state index in [1.54, 1.807) is 0 Å². The largest absolute Gasteiger partial charge is 0.418 e. The van der Waals surface area contributed by atoms with Crippen molar-refractivity contribution in [2.45, 2.75) is 6.18 Å². The summed E-state index contributed by atoms with van der Waals surface area (Å²) in [6, 6.07) is 3.62. The summed E-state index contributed by atoms with van der Waals surface area (Å²) >= 11 is 5.64. The second kappa shape index (κ2) is 4.59. The molecule has 21 heavy (non-hydrogen) atoms. The summed E-state index contributed by atoms with van der Waals surface area (Å²) in [7, 11) is 0. The van der Waals surface area contributed by atoms with E-state index in [1.807, 2.05) is 0 Å². The quantitative estimate of drug-likeness (QED) is 0.533. The van der Waals surface area contributed by atoms with Gasteiger partial charge in [-0.3, -0.25) is 0 Å². The third-order valence-electron chi connectivity index (χ3n) is 2.88. The van der Waals surface area contributed by atoms with Crippen LogP contribution < -0.4 is 5.73 Å². The molecule has 108 valence electrons. The maximum absolute atomic E-state index is 12.9. The lowest BCUT2D eigenvalue weighted by Gasteiger charge is -2.12. The number of nitrogens with zero attached hydrogens (tertiary/aromatic N) is 3. The van der Waals surface area contributed by atoms with E-state index < -0.39 is 17.4 Å². The number of hydrogen-bond acceptors (Lipinski definition) is 4. The molecule has 0 aliphatic rings. The number of para-hydroxylation sites is 1. The molecule has 3 aromatic rings. The Morgan fingerprint density at radius 3 is 2.67 bits per heavy atom. The highest BCUT2D eigenvalue weighted by atomic mass is 35.5. The molecule has 5 nitrogen and oxygen atoms in total. The van der Waals surface area contributed by atoms with E-state index in [1.165, 1.54) is 18.3 Å². The van der Waals surface area contributed by atoms with Gasteiger partial charge < -0.3 is 10.7 Å². The minimum atomic E-state index is -4.53. The number of hydrogen-bond donors (Lipinski definition) is 2. The van der Waals surface area contributed by atoms with Gasteiger partial charge in [-0.05, 0) is 23.7 Å². The molecule has 0 radical (unpaired) electrons. The van der Waals surface area contributed by atoms with Crippen LogP contribution in [0.4, 0.5) is 18.9 Å². The van der Waals surface area contributed by atoms with Gasteiger partial charge in [-0.2, -0.15) is 18.2 Å². The van der Waals surface area contributed by atoms with Crippen LogP contribution in [-0.2, 0) is 6.18 Å². The molecule has 9 heteroatoms. The Labute approximate surface area is 121 Å². The summed E-state index contributed by atoms with van der Waals surface area (Å²) in [6.45, 7) is 0. The third-order valence-corrected chi connectivity index (χ3v) is 3.06. The van der Waals surface area contributed by atoms with Crippen molar-refractivity contribution in [2.75, 3.05) is 5.73 Å². The molecule has 0 amide bonds. The predicted octanol–water partition coefficient (Wildman–Crippen LogP) is 3.27. The molecule has 1 aromatic carbocycles. The Morgan fingerprint density at radius 1 is 1.19 bits per heavy atom. The van der Waals surface area contributed by atoms with Crippen molar-refractivity contribution in [3.05, 3.63) is 35.2 Å². The number of nitrogen functional groups attached to an aromatic ring is 1. The minimum absolute atomic E-state index is 0.00226. The molecule has 0 atom stereocenters. The number of nitrogens with two attached hydrogens (primary N) is 1. The van der Waals surface area contributed by atoms with Crippen molar-refractivity contribution in [3.63, 3.8) is 0 Å². The lowest BCUT2D eigenvalue weighted by molar-refractivity contribution is -0.136. The number of imidazole rings is 1. The average molecular weight is 314 g/mol. The fourth-order valence-electron chi connectivity index (χ4n) is 1.93. The van der Waals surface area contributed by atoms with Crippen LogP contribution in [0.2, 0.25) is 5.28 Å². The lowest BCUT2D eigenvalue weighted by Crippen LogP contribution is -2.09. The number of rotatable bonds is 1. The first-order chi connectivity index (χ1) is 9.86. The van der Waals surface area contributed by atoms with Crippen molar-refractivity contribution >= 4 is 28.5 Å². The smallest absolute Gasteiger partial charge is 0.398 e. The SMILES string of the molecule is Nc1c(-c2nc3nc(Cl)ncc3[nH]2)cccc1C(F)(F)F. The second-order valence-corrected chi connectivity index (χ2v) is 4.56. The van der Waals surface area contributed by atoms with Crippen LogP contribution in [-0.4, -0.2) is 19.9 Å². The van der Waals surface area contributed by atoms with Gasteiger partial charge in [0.1, 0.15) is 11.3 Å². The van der Waals surface area contributed by atoms with Crippen LogP contribution in [0.5, 0.6) is 0 Å². The molecule has 0 saturated carbocycles. The Hall–Kier alpha value is -2.35. The van der Waals surface area contributed by atoms with E-state index in [0.29, 0.717) is 5.52 Å². The molecule has 2 aromatic heterocycles. The van der Waals surface area contributed by atoms with Gasteiger partial charge in [0, 0.05) is 5.56 Å². The van der Waals surface area contributed by atoms with E-state index >= 15 is 0 Å². The molecule has 3 N–H and O–H groups in total. The van der Waals surface area contributed by atoms with E-state index in [2.05, 4.69) is 19.9 Å². The highest BCUT2D eigenvalue weighted by molar-refractivity contribution is 6.28. The van der Waals surface area contributed by atoms with E-state index in [-0.39, 0.29) is 22.3 Å². The zero-order valence-corrected chi connectivity index (χ0v) is 11.0. The third kappa shape index (κ3) is 2.38. The lowest BCUT2D eigenvalue weighted by atomic mass is 10.1. The Kier molecular flexibility index (Phi) is 2.98. The number of halogens is 4. The Morgan fingerprint density at radius 2 is 1.95 bits per heavy atom. The average Bonchev–Trinajstić information content (AvgIpc) is 2.80. The minimum Gasteiger partial charge on any atom is -0.398 e. The van der Waals surface area contributed by atoms with Crippen molar-refractivity contribution in [1.29, 1.82) is 0 Å². The van der Waals surface area contributed by atoms with Gasteiger partial charge in [0.15, 0.2) is 5.65 Å². The van der Waals surface area contributed by atoms with Crippen LogP contribution in [0.15, 0.2) is 24.4 Å². The fraction of sp³-hybridized carbons (Fsp3) is 0.0833. The summed E-state index contributed by atoms with van der Waals surface area (Å²) in [5.41, 5.74) is 5.14. The summed E-state index contributed by atoms with van der Waals surface area (Å²) in [5, 5.41) is -0.00226. The van der Waals surface area contributed by atoms with Gasteiger partial charge >= 0.3 is 6.18 Å². The fourth-order valence-corrected chi connectivity index (χ4v) is 2.06. The summed E-state index contributed by atoms with van der Waals surface area (Å²) < 4.78 is 38.6. The first-order valence-electron chi connectivity index (χ1n) is 5.70. The van der Waals surface area contributed by atoms with Crippen LogP contribution in [0.3, 0.4) is 0 Å². The van der Waals surface area contributed by atoms with Crippen molar-refractivity contribution in [1.82, 2.24) is 19.9 Å². The number of anilines is 1. The zero-order valence-electron chi connectivity index (χ0n) is 10.2. The maximum atomic E-state index is 12.9. The van der Waals surface area contributed by atoms with Gasteiger partial charge in [0.25, 0.3) is 0 Å². The van der Waals surface area contributed by atoms with Crippen LogP contribution in [0.1, 0.15) is 5.56 Å². The number of H-pyrrole nitrogens is 1. The van der Waals surface area contributed by atoms with Crippen LogP contribution >= 0.6 is 11.6 Å². The topological polar surface area (TPSA) is 80.5 Å². The van der Waals surface area contributed by atoms with Gasteiger partial charge in [-0.15, -0.1) is 0 Å². The monoisotopic (exact) mass is 313 g/mol. The van der Waals surface area contributed by atoms with Gasteiger partial charge in [0.05, 0.1) is 17.4 Å². The summed E-state index contributed by atoms with van der Waals surface area (Å²) in [6.07, 6.45) is -3.14. The van der Waals surface area contributed by atoms with Crippen molar-refractivity contribution in [2.24, 2.45) is 0 Å². The molecule has 3 rings (SSSR count). The molecule has 0 fully saturated rings. The molecule has 0 bridgehead atoms.